The van der Waals surface area contributed by atoms with E-state index < -0.39 is 28.8 Å². The van der Waals surface area contributed by atoms with E-state index in [9.17, 15) is 27.9 Å². The van der Waals surface area contributed by atoms with Gasteiger partial charge < -0.3 is 9.84 Å². The van der Waals surface area contributed by atoms with Gasteiger partial charge in [-0.25, -0.2) is 4.79 Å². The Labute approximate surface area is 220 Å². The van der Waals surface area contributed by atoms with Gasteiger partial charge in [0.1, 0.15) is 17.1 Å². The standard InChI is InChI=1S/C29H33F3N2O4/c1-4-5-11-24-33-28(14-6-7-15-28)25(35)34(24)18-19-12-13-22(23(16-19)29(30,31)32)20-9-8-10-21(17-20)38-27(2,3)26(36)37/h8-10,12-13,16-17H,4-7,11,14-15,18H2,1-3H3,(H,36,37). The molecule has 204 valence electrons. The van der Waals surface area contributed by atoms with E-state index in [2.05, 4.69) is 0 Å². The van der Waals surface area contributed by atoms with Crippen LogP contribution in [0.5, 0.6) is 5.75 Å². The highest BCUT2D eigenvalue weighted by atomic mass is 19.4. The van der Waals surface area contributed by atoms with Crippen molar-refractivity contribution in [2.45, 2.75) is 89.6 Å². The number of hydrogen-bond donors (Lipinski definition) is 1. The van der Waals surface area contributed by atoms with Gasteiger partial charge in [0.2, 0.25) is 0 Å². The van der Waals surface area contributed by atoms with Gasteiger partial charge in [0.15, 0.2) is 5.60 Å². The van der Waals surface area contributed by atoms with E-state index in [-0.39, 0.29) is 29.3 Å². The first kappa shape index (κ1) is 27.7. The number of benzene rings is 2. The lowest BCUT2D eigenvalue weighted by atomic mass is 9.95. The zero-order chi connectivity index (χ0) is 27.7. The summed E-state index contributed by atoms with van der Waals surface area (Å²) >= 11 is 0. The Morgan fingerprint density at radius 2 is 1.84 bits per heavy atom. The monoisotopic (exact) mass is 530 g/mol. The fourth-order valence-corrected chi connectivity index (χ4v) is 5.12. The van der Waals surface area contributed by atoms with Gasteiger partial charge in [0.05, 0.1) is 12.1 Å². The quantitative estimate of drug-likeness (QED) is 0.384. The summed E-state index contributed by atoms with van der Waals surface area (Å²) in [6, 6.07) is 10.0. The number of nitrogens with zero attached hydrogens (tertiary/aromatic N) is 2. The maximum atomic E-state index is 14.3. The van der Waals surface area contributed by atoms with E-state index in [1.54, 1.807) is 11.0 Å². The number of unbranched alkanes of at least 4 members (excludes halogenated alkanes) is 1. The molecule has 9 heteroatoms. The van der Waals surface area contributed by atoms with Gasteiger partial charge in [-0.15, -0.1) is 0 Å². The lowest BCUT2D eigenvalue weighted by Crippen LogP contribution is -2.40. The van der Waals surface area contributed by atoms with Crippen molar-refractivity contribution in [1.29, 1.82) is 0 Å². The van der Waals surface area contributed by atoms with Crippen LogP contribution in [-0.2, 0) is 22.3 Å². The van der Waals surface area contributed by atoms with Crippen LogP contribution in [0.25, 0.3) is 11.1 Å². The van der Waals surface area contributed by atoms with E-state index in [1.807, 2.05) is 6.92 Å². The molecule has 2 aromatic carbocycles. The Kier molecular flexibility index (Phi) is 7.59. The molecule has 1 amide bonds. The van der Waals surface area contributed by atoms with E-state index in [0.717, 1.165) is 31.7 Å². The third kappa shape index (κ3) is 5.56. The average Bonchev–Trinajstić information content (AvgIpc) is 3.42. The zero-order valence-electron chi connectivity index (χ0n) is 21.9. The molecule has 1 saturated carbocycles. The number of carboxylic acid groups (broad SMARTS) is 1. The molecule has 1 aliphatic heterocycles. The number of alkyl halides is 3. The topological polar surface area (TPSA) is 79.2 Å². The summed E-state index contributed by atoms with van der Waals surface area (Å²) in [5.74, 6) is -0.485. The summed E-state index contributed by atoms with van der Waals surface area (Å²) in [5, 5.41) is 9.33. The summed E-state index contributed by atoms with van der Waals surface area (Å²) in [6.07, 6.45) is 0.948. The minimum absolute atomic E-state index is 0.0302. The van der Waals surface area contributed by atoms with E-state index >= 15 is 0 Å². The Morgan fingerprint density at radius 3 is 2.47 bits per heavy atom. The second kappa shape index (κ2) is 10.4. The van der Waals surface area contributed by atoms with Crippen molar-refractivity contribution in [3.63, 3.8) is 0 Å². The minimum Gasteiger partial charge on any atom is -0.478 e. The number of aliphatic carboxylic acids is 1. The number of amidine groups is 1. The number of hydrogen-bond acceptors (Lipinski definition) is 4. The van der Waals surface area contributed by atoms with Gasteiger partial charge in [-0.05, 0) is 68.0 Å². The van der Waals surface area contributed by atoms with Crippen LogP contribution in [0.15, 0.2) is 47.5 Å². The van der Waals surface area contributed by atoms with Gasteiger partial charge in [0, 0.05) is 6.42 Å². The van der Waals surface area contributed by atoms with Crippen molar-refractivity contribution >= 4 is 17.7 Å². The van der Waals surface area contributed by atoms with Crippen LogP contribution in [-0.4, -0.2) is 38.9 Å². The first-order chi connectivity index (χ1) is 17.9. The number of carbonyl (C=O) groups excluding carboxylic acids is 1. The molecule has 1 fully saturated rings. The van der Waals surface area contributed by atoms with Crippen LogP contribution < -0.4 is 4.74 Å². The third-order valence-electron chi connectivity index (χ3n) is 7.25. The number of aliphatic imine (C=N–C) groups is 1. The molecule has 0 bridgehead atoms. The van der Waals surface area contributed by atoms with Crippen LogP contribution in [0.3, 0.4) is 0 Å². The fourth-order valence-electron chi connectivity index (χ4n) is 5.12. The zero-order valence-corrected chi connectivity index (χ0v) is 21.9. The largest absolute Gasteiger partial charge is 0.478 e. The van der Waals surface area contributed by atoms with Crippen molar-refractivity contribution in [2.24, 2.45) is 4.99 Å². The van der Waals surface area contributed by atoms with Crippen LogP contribution >= 0.6 is 0 Å². The minimum atomic E-state index is -4.65. The number of carboxylic acids is 1. The first-order valence-electron chi connectivity index (χ1n) is 13.0. The lowest BCUT2D eigenvalue weighted by molar-refractivity contribution is -0.152. The van der Waals surface area contributed by atoms with Gasteiger partial charge in [-0.3, -0.25) is 14.7 Å². The third-order valence-corrected chi connectivity index (χ3v) is 7.25. The summed E-state index contributed by atoms with van der Waals surface area (Å²) in [5.41, 5.74) is -2.58. The smallest absolute Gasteiger partial charge is 0.417 e. The molecule has 4 rings (SSSR count). The molecule has 1 spiro atoms. The van der Waals surface area contributed by atoms with Gasteiger partial charge in [-0.2, -0.15) is 13.2 Å². The first-order valence-corrected chi connectivity index (χ1v) is 13.0. The van der Waals surface area contributed by atoms with Crippen LogP contribution in [0.1, 0.15) is 76.8 Å². The number of carbonyl (C=O) groups is 2. The molecule has 0 unspecified atom stereocenters. The number of rotatable bonds is 9. The predicted octanol–water partition coefficient (Wildman–Crippen LogP) is 6.86. The van der Waals surface area contributed by atoms with Crippen LogP contribution in [0.4, 0.5) is 13.2 Å². The molecule has 2 aliphatic rings. The molecular formula is C29H33F3N2O4. The summed E-state index contributed by atoms with van der Waals surface area (Å²) < 4.78 is 48.3. The van der Waals surface area contributed by atoms with Gasteiger partial charge in [-0.1, -0.05) is 50.5 Å². The molecule has 1 N–H and O–H groups in total. The number of amides is 1. The molecule has 0 aromatic heterocycles. The number of halogens is 3. The summed E-state index contributed by atoms with van der Waals surface area (Å²) in [7, 11) is 0. The Hall–Kier alpha value is -3.36. The van der Waals surface area contributed by atoms with Crippen LogP contribution in [0, 0.1) is 0 Å². The van der Waals surface area contributed by atoms with Crippen molar-refractivity contribution < 1.29 is 32.6 Å². The average molecular weight is 531 g/mol. The molecule has 0 saturated heterocycles. The van der Waals surface area contributed by atoms with Crippen molar-refractivity contribution in [2.75, 3.05) is 0 Å². The molecule has 1 heterocycles. The Morgan fingerprint density at radius 1 is 1.13 bits per heavy atom. The van der Waals surface area contributed by atoms with Crippen LogP contribution in [0.2, 0.25) is 0 Å². The SMILES string of the molecule is CCCCC1=NC2(CCCC2)C(=O)N1Cc1ccc(-c2cccc(OC(C)(C)C(=O)O)c2)c(C(F)(F)F)c1. The highest BCUT2D eigenvalue weighted by Crippen LogP contribution is 2.42. The van der Waals surface area contributed by atoms with E-state index in [0.29, 0.717) is 30.7 Å². The maximum absolute atomic E-state index is 14.3. The normalized spacial score (nSPS) is 17.3. The highest BCUT2D eigenvalue weighted by molar-refractivity contribution is 6.08. The maximum Gasteiger partial charge on any atom is 0.417 e. The van der Waals surface area contributed by atoms with Crippen molar-refractivity contribution in [3.8, 4) is 16.9 Å². The lowest BCUT2D eigenvalue weighted by Gasteiger charge is -2.24. The van der Waals surface area contributed by atoms with Crippen molar-refractivity contribution in [3.05, 3.63) is 53.6 Å². The molecule has 0 atom stereocenters. The molecular weight excluding hydrogens is 497 g/mol. The highest BCUT2D eigenvalue weighted by Gasteiger charge is 2.49. The second-order valence-corrected chi connectivity index (χ2v) is 10.6. The van der Waals surface area contributed by atoms with E-state index in [4.69, 9.17) is 9.73 Å². The molecule has 6 nitrogen and oxygen atoms in total. The molecule has 1 aliphatic carbocycles. The number of ether oxygens (including phenoxy) is 1. The van der Waals surface area contributed by atoms with Gasteiger partial charge in [0.25, 0.3) is 5.91 Å². The molecule has 0 radical (unpaired) electrons. The fraction of sp³-hybridized carbons (Fsp3) is 0.483. The van der Waals surface area contributed by atoms with Gasteiger partial charge >= 0.3 is 12.1 Å². The summed E-state index contributed by atoms with van der Waals surface area (Å²) in [6.45, 7) is 4.81. The Balaban J connectivity index is 1.66. The predicted molar refractivity (Wildman–Crippen MR) is 138 cm³/mol. The summed E-state index contributed by atoms with van der Waals surface area (Å²) in [4.78, 5) is 31.2. The molecule has 38 heavy (non-hydrogen) atoms. The second-order valence-electron chi connectivity index (χ2n) is 10.6. The Bertz CT molecular complexity index is 1250. The van der Waals surface area contributed by atoms with E-state index in [1.165, 1.54) is 44.2 Å². The van der Waals surface area contributed by atoms with Crippen molar-refractivity contribution in [1.82, 2.24) is 4.90 Å². The molecule has 2 aromatic rings.